The highest BCUT2D eigenvalue weighted by Gasteiger charge is 2.37. The number of halogens is 1. The van der Waals surface area contributed by atoms with Gasteiger partial charge in [0.2, 0.25) is 0 Å². The van der Waals surface area contributed by atoms with E-state index >= 15 is 0 Å². The summed E-state index contributed by atoms with van der Waals surface area (Å²) >= 11 is 3.27. The van der Waals surface area contributed by atoms with Crippen molar-refractivity contribution in [1.82, 2.24) is 14.9 Å². The van der Waals surface area contributed by atoms with Crippen molar-refractivity contribution in [3.63, 3.8) is 0 Å². The zero-order valence-corrected chi connectivity index (χ0v) is 15.0. The van der Waals surface area contributed by atoms with Crippen molar-refractivity contribution in [3.05, 3.63) is 16.9 Å². The van der Waals surface area contributed by atoms with Gasteiger partial charge in [-0.3, -0.25) is 9.59 Å². The Morgan fingerprint density at radius 3 is 2.61 bits per heavy atom. The van der Waals surface area contributed by atoms with E-state index in [0.29, 0.717) is 13.1 Å². The second kappa shape index (κ2) is 7.25. The number of esters is 1. The summed E-state index contributed by atoms with van der Waals surface area (Å²) in [5, 5.41) is 0. The molecule has 0 aromatic carbocycles. The molecular formula is C15H20BrN3O4. The third-order valence-corrected chi connectivity index (χ3v) is 3.86. The predicted octanol–water partition coefficient (Wildman–Crippen LogP) is 1.95. The fourth-order valence-corrected chi connectivity index (χ4v) is 2.72. The molecule has 126 valence electrons. The molecule has 1 atom stereocenters. The van der Waals surface area contributed by atoms with Crippen LogP contribution in [0.3, 0.4) is 0 Å². The number of ether oxygens (including phenoxy) is 2. The number of carbonyl (C=O) groups is 2. The van der Waals surface area contributed by atoms with Crippen LogP contribution < -0.4 is 4.74 Å². The zero-order valence-electron chi connectivity index (χ0n) is 13.4. The van der Waals surface area contributed by atoms with Crippen LogP contribution in [0.4, 0.5) is 0 Å². The van der Waals surface area contributed by atoms with Crippen LogP contribution in [0.1, 0.15) is 33.6 Å². The molecule has 0 saturated carbocycles. The standard InChI is InChI=1S/C15H20BrN3O4/c1-10(20)23-15(2,3)13(21)19-6-4-5-12(9-19)22-14-17-7-11(16)8-18-14/h7-8,12H,4-6,9H2,1-3H3/t12-/m0/s1. The van der Waals surface area contributed by atoms with E-state index in [1.165, 1.54) is 6.92 Å². The van der Waals surface area contributed by atoms with Gasteiger partial charge in [0.25, 0.3) is 5.91 Å². The Hall–Kier alpha value is -1.70. The van der Waals surface area contributed by atoms with Gasteiger partial charge in [-0.05, 0) is 42.6 Å². The predicted molar refractivity (Wildman–Crippen MR) is 85.8 cm³/mol. The molecule has 1 aliphatic rings. The average molecular weight is 386 g/mol. The molecule has 1 amide bonds. The first-order valence-corrected chi connectivity index (χ1v) is 8.20. The molecule has 2 heterocycles. The number of nitrogens with zero attached hydrogens (tertiary/aromatic N) is 3. The van der Waals surface area contributed by atoms with E-state index in [2.05, 4.69) is 25.9 Å². The highest BCUT2D eigenvalue weighted by atomic mass is 79.9. The van der Waals surface area contributed by atoms with Gasteiger partial charge in [-0.15, -0.1) is 0 Å². The maximum absolute atomic E-state index is 12.6. The van der Waals surface area contributed by atoms with Gasteiger partial charge in [0.15, 0.2) is 5.60 Å². The number of carbonyl (C=O) groups excluding carboxylic acids is 2. The summed E-state index contributed by atoms with van der Waals surface area (Å²) in [6, 6.07) is 0.284. The summed E-state index contributed by atoms with van der Waals surface area (Å²) in [4.78, 5) is 33.5. The van der Waals surface area contributed by atoms with Crippen LogP contribution in [0.15, 0.2) is 16.9 Å². The van der Waals surface area contributed by atoms with E-state index in [4.69, 9.17) is 9.47 Å². The lowest BCUT2D eigenvalue weighted by atomic mass is 10.0. The van der Waals surface area contributed by atoms with E-state index in [1.807, 2.05) is 0 Å². The van der Waals surface area contributed by atoms with Crippen molar-refractivity contribution < 1.29 is 19.1 Å². The number of rotatable bonds is 4. The quantitative estimate of drug-likeness (QED) is 0.736. The number of hydrogen-bond donors (Lipinski definition) is 0. The van der Waals surface area contributed by atoms with Gasteiger partial charge < -0.3 is 14.4 Å². The van der Waals surface area contributed by atoms with Crippen molar-refractivity contribution in [2.45, 2.75) is 45.3 Å². The van der Waals surface area contributed by atoms with E-state index < -0.39 is 11.6 Å². The highest BCUT2D eigenvalue weighted by Crippen LogP contribution is 2.21. The van der Waals surface area contributed by atoms with Crippen LogP contribution in [0.2, 0.25) is 0 Å². The summed E-state index contributed by atoms with van der Waals surface area (Å²) in [6.07, 6.45) is 4.66. The summed E-state index contributed by atoms with van der Waals surface area (Å²) in [5.74, 6) is -0.700. The Balaban J connectivity index is 1.98. The lowest BCUT2D eigenvalue weighted by Gasteiger charge is -2.36. The van der Waals surface area contributed by atoms with Gasteiger partial charge in [0.1, 0.15) is 6.10 Å². The minimum Gasteiger partial charge on any atom is -0.458 e. The summed E-state index contributed by atoms with van der Waals surface area (Å²) < 4.78 is 11.6. The second-order valence-corrected chi connectivity index (χ2v) is 6.84. The molecule has 1 aromatic rings. The molecule has 0 bridgehead atoms. The molecule has 1 fully saturated rings. The number of likely N-dealkylation sites (tertiary alicyclic amines) is 1. The molecule has 23 heavy (non-hydrogen) atoms. The fourth-order valence-electron chi connectivity index (χ4n) is 2.51. The van der Waals surface area contributed by atoms with Gasteiger partial charge in [0, 0.05) is 25.9 Å². The minimum absolute atomic E-state index is 0.179. The summed E-state index contributed by atoms with van der Waals surface area (Å²) in [7, 11) is 0. The maximum atomic E-state index is 12.6. The Bertz CT molecular complexity index is 577. The molecule has 1 saturated heterocycles. The lowest BCUT2D eigenvalue weighted by Crippen LogP contribution is -2.53. The first kappa shape index (κ1) is 17.7. The zero-order chi connectivity index (χ0) is 17.0. The molecule has 2 rings (SSSR count). The van der Waals surface area contributed by atoms with Crippen LogP contribution in [0.25, 0.3) is 0 Å². The van der Waals surface area contributed by atoms with Crippen molar-refractivity contribution in [2.24, 2.45) is 0 Å². The molecule has 7 nitrogen and oxygen atoms in total. The molecular weight excluding hydrogens is 366 g/mol. The van der Waals surface area contributed by atoms with E-state index in [0.717, 1.165) is 17.3 Å². The normalized spacial score (nSPS) is 18.4. The van der Waals surface area contributed by atoms with E-state index in [-0.39, 0.29) is 18.0 Å². The second-order valence-electron chi connectivity index (χ2n) is 5.92. The topological polar surface area (TPSA) is 81.6 Å². The van der Waals surface area contributed by atoms with Crippen molar-refractivity contribution in [1.29, 1.82) is 0 Å². The number of amides is 1. The van der Waals surface area contributed by atoms with Gasteiger partial charge >= 0.3 is 12.0 Å². The molecule has 0 unspecified atom stereocenters. The van der Waals surface area contributed by atoms with Gasteiger partial charge in [-0.2, -0.15) is 0 Å². The van der Waals surface area contributed by atoms with Crippen molar-refractivity contribution in [2.75, 3.05) is 13.1 Å². The minimum atomic E-state index is -1.18. The molecule has 8 heteroatoms. The third kappa shape index (κ3) is 4.89. The van der Waals surface area contributed by atoms with Crippen LogP contribution in [-0.2, 0) is 14.3 Å². The maximum Gasteiger partial charge on any atom is 0.316 e. The highest BCUT2D eigenvalue weighted by molar-refractivity contribution is 9.10. The Kier molecular flexibility index (Phi) is 5.56. The molecule has 1 aliphatic heterocycles. The number of aromatic nitrogens is 2. The summed E-state index contributed by atoms with van der Waals surface area (Å²) in [6.45, 7) is 5.52. The van der Waals surface area contributed by atoms with E-state index in [1.54, 1.807) is 31.1 Å². The van der Waals surface area contributed by atoms with Crippen LogP contribution in [0, 0.1) is 0 Å². The first-order chi connectivity index (χ1) is 10.8. The van der Waals surface area contributed by atoms with Crippen LogP contribution in [0.5, 0.6) is 6.01 Å². The molecule has 0 spiro atoms. The van der Waals surface area contributed by atoms with Gasteiger partial charge in [0.05, 0.1) is 11.0 Å². The molecule has 0 N–H and O–H groups in total. The lowest BCUT2D eigenvalue weighted by molar-refractivity contribution is -0.169. The average Bonchev–Trinajstić information content (AvgIpc) is 2.48. The van der Waals surface area contributed by atoms with Crippen molar-refractivity contribution >= 4 is 27.8 Å². The molecule has 0 radical (unpaired) electrons. The SMILES string of the molecule is CC(=O)OC(C)(C)C(=O)N1CCC[C@H](Oc2ncc(Br)cn2)C1. The van der Waals surface area contributed by atoms with E-state index in [9.17, 15) is 9.59 Å². The first-order valence-electron chi connectivity index (χ1n) is 7.41. The Morgan fingerprint density at radius 1 is 1.35 bits per heavy atom. The van der Waals surface area contributed by atoms with Crippen LogP contribution in [-0.4, -0.2) is 51.5 Å². The van der Waals surface area contributed by atoms with Gasteiger partial charge in [-0.25, -0.2) is 9.97 Å². The number of hydrogen-bond acceptors (Lipinski definition) is 6. The van der Waals surface area contributed by atoms with Crippen molar-refractivity contribution in [3.8, 4) is 6.01 Å². The summed E-state index contributed by atoms with van der Waals surface area (Å²) in [5.41, 5.74) is -1.18. The fraction of sp³-hybridized carbons (Fsp3) is 0.600. The Labute approximate surface area is 143 Å². The molecule has 1 aromatic heterocycles. The smallest absolute Gasteiger partial charge is 0.316 e. The number of piperidine rings is 1. The van der Waals surface area contributed by atoms with Crippen LogP contribution >= 0.6 is 15.9 Å². The van der Waals surface area contributed by atoms with Gasteiger partial charge in [-0.1, -0.05) is 0 Å². The third-order valence-electron chi connectivity index (χ3n) is 3.45. The Morgan fingerprint density at radius 2 is 2.00 bits per heavy atom. The monoisotopic (exact) mass is 385 g/mol. The molecule has 0 aliphatic carbocycles. The largest absolute Gasteiger partial charge is 0.458 e.